The molecular formula is C19H23ClN2O. The number of halogens is 1. The predicted molar refractivity (Wildman–Crippen MR) is 95.1 cm³/mol. The first-order valence-corrected chi connectivity index (χ1v) is 8.61. The summed E-state index contributed by atoms with van der Waals surface area (Å²) in [5.41, 5.74) is 3.22. The average molecular weight is 331 g/mol. The van der Waals surface area contributed by atoms with E-state index in [1.54, 1.807) is 7.11 Å². The second kappa shape index (κ2) is 7.33. The molecule has 0 radical (unpaired) electrons. The van der Waals surface area contributed by atoms with Crippen molar-refractivity contribution in [3.8, 4) is 16.9 Å². The Morgan fingerprint density at radius 2 is 1.96 bits per heavy atom. The molecule has 0 amide bonds. The van der Waals surface area contributed by atoms with Crippen LogP contribution in [0.3, 0.4) is 0 Å². The monoisotopic (exact) mass is 330 g/mol. The molecule has 2 aromatic rings. The summed E-state index contributed by atoms with van der Waals surface area (Å²) >= 11 is 6.35. The van der Waals surface area contributed by atoms with Crippen molar-refractivity contribution in [2.45, 2.75) is 32.2 Å². The van der Waals surface area contributed by atoms with Gasteiger partial charge in [0.05, 0.1) is 7.11 Å². The first-order valence-electron chi connectivity index (χ1n) is 8.23. The SMILES string of the molecule is COc1cccc(-c2cc(C(C)N3CCCCC3)cnc2Cl)c1. The van der Waals surface area contributed by atoms with Gasteiger partial charge in [-0.2, -0.15) is 0 Å². The van der Waals surface area contributed by atoms with E-state index in [2.05, 4.69) is 22.9 Å². The Kier molecular flexibility index (Phi) is 5.19. The minimum atomic E-state index is 0.365. The van der Waals surface area contributed by atoms with E-state index in [1.165, 1.54) is 24.8 Å². The Morgan fingerprint density at radius 3 is 2.70 bits per heavy atom. The normalized spacial score (nSPS) is 17.0. The van der Waals surface area contributed by atoms with Gasteiger partial charge in [-0.15, -0.1) is 0 Å². The maximum Gasteiger partial charge on any atom is 0.136 e. The van der Waals surface area contributed by atoms with E-state index in [0.29, 0.717) is 11.2 Å². The second-order valence-corrected chi connectivity index (χ2v) is 6.47. The lowest BCUT2D eigenvalue weighted by Crippen LogP contribution is -2.32. The number of piperidine rings is 1. The van der Waals surface area contributed by atoms with Crippen LogP contribution in [0.4, 0.5) is 0 Å². The summed E-state index contributed by atoms with van der Waals surface area (Å²) in [4.78, 5) is 6.96. The molecule has 122 valence electrons. The summed E-state index contributed by atoms with van der Waals surface area (Å²) in [6.45, 7) is 4.59. The number of aromatic nitrogens is 1. The Balaban J connectivity index is 1.92. The summed E-state index contributed by atoms with van der Waals surface area (Å²) in [6, 6.07) is 10.5. The Labute approximate surface area is 143 Å². The van der Waals surface area contributed by atoms with E-state index in [9.17, 15) is 0 Å². The fourth-order valence-electron chi connectivity index (χ4n) is 3.20. The van der Waals surface area contributed by atoms with Crippen molar-refractivity contribution in [3.63, 3.8) is 0 Å². The molecule has 1 atom stereocenters. The molecule has 0 N–H and O–H groups in total. The largest absolute Gasteiger partial charge is 0.497 e. The third-order valence-corrected chi connectivity index (χ3v) is 4.96. The van der Waals surface area contributed by atoms with Gasteiger partial charge in [-0.1, -0.05) is 30.2 Å². The van der Waals surface area contributed by atoms with Gasteiger partial charge >= 0.3 is 0 Å². The molecule has 1 saturated heterocycles. The zero-order valence-corrected chi connectivity index (χ0v) is 14.5. The van der Waals surface area contributed by atoms with Gasteiger partial charge in [-0.25, -0.2) is 4.98 Å². The minimum Gasteiger partial charge on any atom is -0.497 e. The van der Waals surface area contributed by atoms with Crippen molar-refractivity contribution in [2.24, 2.45) is 0 Å². The van der Waals surface area contributed by atoms with Crippen LogP contribution in [0.5, 0.6) is 5.75 Å². The molecule has 1 aliphatic rings. The second-order valence-electron chi connectivity index (χ2n) is 6.11. The Bertz CT molecular complexity index is 668. The van der Waals surface area contributed by atoms with E-state index in [1.807, 2.05) is 30.5 Å². The van der Waals surface area contributed by atoms with Crippen LogP contribution in [-0.2, 0) is 0 Å². The van der Waals surface area contributed by atoms with E-state index >= 15 is 0 Å². The number of likely N-dealkylation sites (tertiary alicyclic amines) is 1. The first-order chi connectivity index (χ1) is 11.2. The zero-order chi connectivity index (χ0) is 16.2. The molecule has 1 fully saturated rings. The summed E-state index contributed by atoms with van der Waals surface area (Å²) < 4.78 is 5.32. The van der Waals surface area contributed by atoms with Crippen molar-refractivity contribution >= 4 is 11.6 Å². The maximum atomic E-state index is 6.35. The molecule has 0 spiro atoms. The van der Waals surface area contributed by atoms with E-state index < -0.39 is 0 Å². The van der Waals surface area contributed by atoms with Gasteiger partial charge in [-0.05, 0) is 62.2 Å². The Hall–Kier alpha value is -1.58. The molecular weight excluding hydrogens is 308 g/mol. The van der Waals surface area contributed by atoms with Crippen LogP contribution < -0.4 is 4.74 Å². The number of rotatable bonds is 4. The van der Waals surface area contributed by atoms with Crippen molar-refractivity contribution in [1.82, 2.24) is 9.88 Å². The fraction of sp³-hybridized carbons (Fsp3) is 0.421. The van der Waals surface area contributed by atoms with Crippen LogP contribution in [0, 0.1) is 0 Å². The predicted octanol–water partition coefficient (Wildman–Crippen LogP) is 4.96. The molecule has 0 saturated carbocycles. The fourth-order valence-corrected chi connectivity index (χ4v) is 3.41. The summed E-state index contributed by atoms with van der Waals surface area (Å²) in [6.07, 6.45) is 5.82. The third kappa shape index (κ3) is 3.67. The van der Waals surface area contributed by atoms with E-state index in [4.69, 9.17) is 16.3 Å². The van der Waals surface area contributed by atoms with Crippen molar-refractivity contribution in [3.05, 3.63) is 47.2 Å². The molecule has 1 unspecified atom stereocenters. The lowest BCUT2D eigenvalue weighted by Gasteiger charge is -2.32. The highest BCUT2D eigenvalue weighted by Gasteiger charge is 2.19. The summed E-state index contributed by atoms with van der Waals surface area (Å²) in [5.74, 6) is 0.827. The summed E-state index contributed by atoms with van der Waals surface area (Å²) in [5, 5.41) is 0.535. The van der Waals surface area contributed by atoms with Gasteiger partial charge in [0.15, 0.2) is 0 Å². The molecule has 0 bridgehead atoms. The molecule has 23 heavy (non-hydrogen) atoms. The number of hydrogen-bond donors (Lipinski definition) is 0. The van der Waals surface area contributed by atoms with Crippen LogP contribution in [-0.4, -0.2) is 30.1 Å². The number of benzene rings is 1. The lowest BCUT2D eigenvalue weighted by atomic mass is 10.0. The summed E-state index contributed by atoms with van der Waals surface area (Å²) in [7, 11) is 1.67. The highest BCUT2D eigenvalue weighted by molar-refractivity contribution is 6.32. The van der Waals surface area contributed by atoms with Gasteiger partial charge in [-0.3, -0.25) is 4.90 Å². The van der Waals surface area contributed by atoms with Crippen LogP contribution in [0.2, 0.25) is 5.15 Å². The van der Waals surface area contributed by atoms with Crippen LogP contribution in [0.15, 0.2) is 36.5 Å². The van der Waals surface area contributed by atoms with Gasteiger partial charge in [0.25, 0.3) is 0 Å². The average Bonchev–Trinajstić information content (AvgIpc) is 2.62. The maximum absolute atomic E-state index is 6.35. The number of pyridine rings is 1. The molecule has 2 heterocycles. The highest BCUT2D eigenvalue weighted by Crippen LogP contribution is 2.32. The van der Waals surface area contributed by atoms with E-state index in [0.717, 1.165) is 30.0 Å². The first kappa shape index (κ1) is 16.3. The Morgan fingerprint density at radius 1 is 1.17 bits per heavy atom. The van der Waals surface area contributed by atoms with Gasteiger partial charge in [0, 0.05) is 17.8 Å². The molecule has 1 aromatic heterocycles. The number of hydrogen-bond acceptors (Lipinski definition) is 3. The molecule has 4 heteroatoms. The van der Waals surface area contributed by atoms with Crippen LogP contribution >= 0.6 is 11.6 Å². The number of methoxy groups -OCH3 is 1. The van der Waals surface area contributed by atoms with E-state index in [-0.39, 0.29) is 0 Å². The van der Waals surface area contributed by atoms with Crippen LogP contribution in [0.25, 0.3) is 11.1 Å². The molecule has 0 aliphatic carbocycles. The topological polar surface area (TPSA) is 25.4 Å². The lowest BCUT2D eigenvalue weighted by molar-refractivity contribution is 0.174. The van der Waals surface area contributed by atoms with Gasteiger partial charge in [0.1, 0.15) is 10.9 Å². The van der Waals surface area contributed by atoms with Crippen molar-refractivity contribution < 1.29 is 4.74 Å². The standard InChI is InChI=1S/C19H23ClN2O/c1-14(22-9-4-3-5-10-22)16-12-18(19(20)21-13-16)15-7-6-8-17(11-15)23-2/h6-8,11-14H,3-5,9-10H2,1-2H3. The van der Waals surface area contributed by atoms with Gasteiger partial charge < -0.3 is 4.74 Å². The molecule has 1 aromatic carbocycles. The van der Waals surface area contributed by atoms with Crippen molar-refractivity contribution in [2.75, 3.05) is 20.2 Å². The zero-order valence-electron chi connectivity index (χ0n) is 13.8. The number of ether oxygens (including phenoxy) is 1. The highest BCUT2D eigenvalue weighted by atomic mass is 35.5. The minimum absolute atomic E-state index is 0.365. The molecule has 3 nitrogen and oxygen atoms in total. The quantitative estimate of drug-likeness (QED) is 0.741. The van der Waals surface area contributed by atoms with Crippen molar-refractivity contribution in [1.29, 1.82) is 0 Å². The molecule has 1 aliphatic heterocycles. The smallest absolute Gasteiger partial charge is 0.136 e. The third-order valence-electron chi connectivity index (χ3n) is 4.66. The van der Waals surface area contributed by atoms with Gasteiger partial charge in [0.2, 0.25) is 0 Å². The number of nitrogens with zero attached hydrogens (tertiary/aromatic N) is 2. The van der Waals surface area contributed by atoms with Crippen LogP contribution in [0.1, 0.15) is 37.8 Å². The molecule has 3 rings (SSSR count).